The molecule has 1 saturated heterocycles. The molecule has 1 aliphatic rings. The second kappa shape index (κ2) is 7.27. The summed E-state index contributed by atoms with van der Waals surface area (Å²) in [7, 11) is 0. The van der Waals surface area contributed by atoms with Gasteiger partial charge in [0, 0.05) is 24.2 Å². The van der Waals surface area contributed by atoms with Gasteiger partial charge >= 0.3 is 0 Å². The zero-order chi connectivity index (χ0) is 13.7. The molecule has 1 unspecified atom stereocenters. The van der Waals surface area contributed by atoms with Crippen LogP contribution in [0.5, 0.6) is 5.75 Å². The molecule has 2 rings (SSSR count). The molecule has 0 bridgehead atoms. The number of rotatable bonds is 6. The summed E-state index contributed by atoms with van der Waals surface area (Å²) in [6.07, 6.45) is 2.77. The number of aryl methyl sites for hydroxylation is 2. The minimum absolute atomic E-state index is 0.400. The van der Waals surface area contributed by atoms with Gasteiger partial charge in [-0.05, 0) is 49.9 Å². The number of nitrogens with one attached hydrogen (secondary N) is 1. The van der Waals surface area contributed by atoms with Crippen LogP contribution in [0.4, 0.5) is 0 Å². The Morgan fingerprint density at radius 3 is 2.74 bits per heavy atom. The van der Waals surface area contributed by atoms with Crippen molar-refractivity contribution in [2.45, 2.75) is 32.8 Å². The van der Waals surface area contributed by atoms with Crippen molar-refractivity contribution in [1.82, 2.24) is 5.32 Å². The largest absolute Gasteiger partial charge is 0.492 e. The maximum Gasteiger partial charge on any atom is 0.119 e. The molecule has 1 aliphatic heterocycles. The summed E-state index contributed by atoms with van der Waals surface area (Å²) >= 11 is 3.56. The summed E-state index contributed by atoms with van der Waals surface area (Å²) in [5.41, 5.74) is 2.42. The highest BCUT2D eigenvalue weighted by atomic mass is 79.9. The van der Waals surface area contributed by atoms with Gasteiger partial charge in [-0.15, -0.1) is 0 Å². The van der Waals surface area contributed by atoms with E-state index in [0.29, 0.717) is 12.7 Å². The van der Waals surface area contributed by atoms with Gasteiger partial charge in [-0.3, -0.25) is 0 Å². The van der Waals surface area contributed by atoms with Crippen LogP contribution in [0.1, 0.15) is 24.0 Å². The SMILES string of the molecule is Cc1cc(OCCNCC2CCCO2)cc(C)c1Br. The summed E-state index contributed by atoms with van der Waals surface area (Å²) < 4.78 is 12.5. The van der Waals surface area contributed by atoms with Gasteiger partial charge in [0.05, 0.1) is 6.10 Å². The summed E-state index contributed by atoms with van der Waals surface area (Å²) in [4.78, 5) is 0. The lowest BCUT2D eigenvalue weighted by Gasteiger charge is -2.12. The van der Waals surface area contributed by atoms with E-state index in [1.54, 1.807) is 0 Å². The number of halogens is 1. The molecule has 0 aromatic heterocycles. The fourth-order valence-corrected chi connectivity index (χ4v) is 2.53. The lowest BCUT2D eigenvalue weighted by molar-refractivity contribution is 0.109. The molecule has 4 heteroatoms. The van der Waals surface area contributed by atoms with Gasteiger partial charge in [-0.2, -0.15) is 0 Å². The molecule has 1 aromatic carbocycles. The van der Waals surface area contributed by atoms with Crippen LogP contribution < -0.4 is 10.1 Å². The van der Waals surface area contributed by atoms with Gasteiger partial charge in [0.2, 0.25) is 0 Å². The van der Waals surface area contributed by atoms with Crippen molar-refractivity contribution in [3.8, 4) is 5.75 Å². The van der Waals surface area contributed by atoms with Crippen LogP contribution in [0.2, 0.25) is 0 Å². The maximum atomic E-state index is 5.76. The first-order valence-electron chi connectivity index (χ1n) is 6.88. The Morgan fingerprint density at radius 2 is 2.11 bits per heavy atom. The van der Waals surface area contributed by atoms with Gasteiger partial charge in [-0.1, -0.05) is 15.9 Å². The molecule has 1 aromatic rings. The fourth-order valence-electron chi connectivity index (χ4n) is 2.30. The molecular weight excluding hydrogens is 306 g/mol. The van der Waals surface area contributed by atoms with E-state index in [1.807, 2.05) is 0 Å². The highest BCUT2D eigenvalue weighted by Gasteiger charge is 2.14. The van der Waals surface area contributed by atoms with E-state index in [0.717, 1.165) is 29.9 Å². The third kappa shape index (κ3) is 4.48. The van der Waals surface area contributed by atoms with Gasteiger partial charge in [0.15, 0.2) is 0 Å². The van der Waals surface area contributed by atoms with E-state index < -0.39 is 0 Å². The van der Waals surface area contributed by atoms with E-state index in [4.69, 9.17) is 9.47 Å². The first-order valence-corrected chi connectivity index (χ1v) is 7.68. The molecule has 106 valence electrons. The fraction of sp³-hybridized carbons (Fsp3) is 0.600. The zero-order valence-electron chi connectivity index (χ0n) is 11.7. The highest BCUT2D eigenvalue weighted by molar-refractivity contribution is 9.10. The topological polar surface area (TPSA) is 30.5 Å². The molecule has 0 amide bonds. The van der Waals surface area contributed by atoms with Crippen LogP contribution in [0, 0.1) is 13.8 Å². The van der Waals surface area contributed by atoms with E-state index in [1.165, 1.54) is 24.0 Å². The van der Waals surface area contributed by atoms with Crippen molar-refractivity contribution in [2.75, 3.05) is 26.3 Å². The van der Waals surface area contributed by atoms with Crippen molar-refractivity contribution < 1.29 is 9.47 Å². The highest BCUT2D eigenvalue weighted by Crippen LogP contribution is 2.26. The Morgan fingerprint density at radius 1 is 1.37 bits per heavy atom. The molecule has 3 nitrogen and oxygen atoms in total. The van der Waals surface area contributed by atoms with Crippen molar-refractivity contribution in [3.05, 3.63) is 27.7 Å². The Hall–Kier alpha value is -0.580. The number of hydrogen-bond acceptors (Lipinski definition) is 3. The molecule has 1 atom stereocenters. The molecule has 0 saturated carbocycles. The third-order valence-electron chi connectivity index (χ3n) is 3.35. The van der Waals surface area contributed by atoms with Crippen molar-refractivity contribution >= 4 is 15.9 Å². The van der Waals surface area contributed by atoms with Gasteiger partial charge in [0.25, 0.3) is 0 Å². The minimum atomic E-state index is 0.400. The van der Waals surface area contributed by atoms with Crippen LogP contribution in [-0.4, -0.2) is 32.4 Å². The van der Waals surface area contributed by atoms with Crippen LogP contribution in [0.3, 0.4) is 0 Å². The minimum Gasteiger partial charge on any atom is -0.492 e. The van der Waals surface area contributed by atoms with Gasteiger partial charge < -0.3 is 14.8 Å². The average molecular weight is 328 g/mol. The Balaban J connectivity index is 1.67. The van der Waals surface area contributed by atoms with Gasteiger partial charge in [-0.25, -0.2) is 0 Å². The summed E-state index contributed by atoms with van der Waals surface area (Å²) in [6, 6.07) is 4.13. The second-order valence-corrected chi connectivity index (χ2v) is 5.85. The normalized spacial score (nSPS) is 18.8. The van der Waals surface area contributed by atoms with Crippen LogP contribution in [0.15, 0.2) is 16.6 Å². The third-order valence-corrected chi connectivity index (χ3v) is 4.60. The first-order chi connectivity index (χ1) is 9.16. The summed E-state index contributed by atoms with van der Waals surface area (Å²) in [6.45, 7) is 7.56. The zero-order valence-corrected chi connectivity index (χ0v) is 13.3. The van der Waals surface area contributed by atoms with E-state index in [9.17, 15) is 0 Å². The predicted octanol–water partition coefficient (Wildman–Crippen LogP) is 3.21. The van der Waals surface area contributed by atoms with Crippen molar-refractivity contribution in [2.24, 2.45) is 0 Å². The van der Waals surface area contributed by atoms with Crippen LogP contribution >= 0.6 is 15.9 Å². The van der Waals surface area contributed by atoms with E-state index >= 15 is 0 Å². The first kappa shape index (κ1) is 14.8. The quantitative estimate of drug-likeness (QED) is 0.814. The van der Waals surface area contributed by atoms with E-state index in [2.05, 4.69) is 47.2 Å². The van der Waals surface area contributed by atoms with Crippen LogP contribution in [-0.2, 0) is 4.74 Å². The Bertz CT molecular complexity index is 394. The summed E-state index contributed by atoms with van der Waals surface area (Å²) in [5.74, 6) is 0.942. The second-order valence-electron chi connectivity index (χ2n) is 5.06. The molecule has 0 aliphatic carbocycles. The maximum absolute atomic E-state index is 5.76. The molecular formula is C15H22BrNO2. The molecule has 0 radical (unpaired) electrons. The number of benzene rings is 1. The molecule has 19 heavy (non-hydrogen) atoms. The molecule has 0 spiro atoms. The van der Waals surface area contributed by atoms with E-state index in [-0.39, 0.29) is 0 Å². The van der Waals surface area contributed by atoms with Crippen molar-refractivity contribution in [1.29, 1.82) is 0 Å². The molecule has 1 N–H and O–H groups in total. The lowest BCUT2D eigenvalue weighted by Crippen LogP contribution is -2.29. The molecule has 1 fully saturated rings. The molecule has 1 heterocycles. The Kier molecular flexibility index (Phi) is 5.67. The average Bonchev–Trinajstić information content (AvgIpc) is 2.88. The smallest absolute Gasteiger partial charge is 0.119 e. The monoisotopic (exact) mass is 327 g/mol. The lowest BCUT2D eigenvalue weighted by atomic mass is 10.1. The number of hydrogen-bond donors (Lipinski definition) is 1. The predicted molar refractivity (Wildman–Crippen MR) is 81.0 cm³/mol. The Labute approximate surface area is 123 Å². The van der Waals surface area contributed by atoms with Crippen LogP contribution in [0.25, 0.3) is 0 Å². The van der Waals surface area contributed by atoms with Crippen molar-refractivity contribution in [3.63, 3.8) is 0 Å². The standard InChI is InChI=1S/C15H22BrNO2/c1-11-8-14(9-12(2)15(11)16)19-7-5-17-10-13-4-3-6-18-13/h8-9,13,17H,3-7,10H2,1-2H3. The van der Waals surface area contributed by atoms with Gasteiger partial charge in [0.1, 0.15) is 12.4 Å². The number of ether oxygens (including phenoxy) is 2. The summed E-state index contributed by atoms with van der Waals surface area (Å²) in [5, 5.41) is 3.38.